The van der Waals surface area contributed by atoms with Crippen molar-refractivity contribution in [2.24, 2.45) is 5.92 Å². The maximum Gasteiger partial charge on any atom is 0.271 e. The molecule has 0 bridgehead atoms. The molecule has 30 heavy (non-hydrogen) atoms. The van der Waals surface area contributed by atoms with Gasteiger partial charge in [0.1, 0.15) is 11.4 Å². The SMILES string of the molecule is COc1ccc(C(=O)C2CCN(C(=O)c3cc(-c4ccccc4Cl)n[nH]3)CC2)cc1. The molecule has 1 amide bonds. The number of Topliss-reactive ketones (excluding diaryl/α,β-unsaturated/α-hetero) is 1. The fraction of sp³-hybridized carbons (Fsp3) is 0.261. The van der Waals surface area contributed by atoms with E-state index in [0.29, 0.717) is 47.9 Å². The number of ketones is 1. The molecule has 3 aromatic rings. The number of nitrogens with zero attached hydrogens (tertiary/aromatic N) is 2. The van der Waals surface area contributed by atoms with Crippen LogP contribution in [0.1, 0.15) is 33.7 Å². The van der Waals surface area contributed by atoms with Gasteiger partial charge in [0.2, 0.25) is 0 Å². The number of rotatable bonds is 5. The summed E-state index contributed by atoms with van der Waals surface area (Å²) < 4.78 is 5.14. The fourth-order valence-corrected chi connectivity index (χ4v) is 3.98. The van der Waals surface area contributed by atoms with Gasteiger partial charge in [-0.1, -0.05) is 29.8 Å². The van der Waals surface area contributed by atoms with Crippen molar-refractivity contribution in [3.63, 3.8) is 0 Å². The number of aromatic amines is 1. The Kier molecular flexibility index (Phi) is 5.86. The molecule has 2 aromatic carbocycles. The zero-order valence-corrected chi connectivity index (χ0v) is 17.4. The first-order valence-electron chi connectivity index (χ1n) is 9.84. The molecule has 154 valence electrons. The molecule has 7 heteroatoms. The zero-order chi connectivity index (χ0) is 21.1. The van der Waals surface area contributed by atoms with Crippen LogP contribution in [0.3, 0.4) is 0 Å². The Morgan fingerprint density at radius 1 is 1.10 bits per heavy atom. The highest BCUT2D eigenvalue weighted by Gasteiger charge is 2.29. The molecule has 6 nitrogen and oxygen atoms in total. The van der Waals surface area contributed by atoms with Crippen molar-refractivity contribution in [2.45, 2.75) is 12.8 Å². The van der Waals surface area contributed by atoms with E-state index in [1.54, 1.807) is 48.4 Å². The highest BCUT2D eigenvalue weighted by atomic mass is 35.5. The van der Waals surface area contributed by atoms with Gasteiger partial charge in [0.25, 0.3) is 5.91 Å². The zero-order valence-electron chi connectivity index (χ0n) is 16.6. The smallest absolute Gasteiger partial charge is 0.271 e. The van der Waals surface area contributed by atoms with Gasteiger partial charge in [-0.25, -0.2) is 0 Å². The lowest BCUT2D eigenvalue weighted by molar-refractivity contribution is 0.0645. The number of nitrogens with one attached hydrogen (secondary N) is 1. The van der Waals surface area contributed by atoms with E-state index in [1.807, 2.05) is 18.2 Å². The molecule has 1 saturated heterocycles. The van der Waals surface area contributed by atoms with Crippen LogP contribution in [0.15, 0.2) is 54.6 Å². The van der Waals surface area contributed by atoms with Gasteiger partial charge in [0.05, 0.1) is 17.8 Å². The van der Waals surface area contributed by atoms with Crippen LogP contribution in [0.2, 0.25) is 5.02 Å². The number of H-pyrrole nitrogens is 1. The standard InChI is InChI=1S/C23H22ClN3O3/c1-30-17-8-6-15(7-9-17)22(28)16-10-12-27(13-11-16)23(29)21-14-20(25-26-21)18-4-2-3-5-19(18)24/h2-9,14,16H,10-13H2,1H3,(H,25,26). The van der Waals surface area contributed by atoms with Crippen LogP contribution in [0.4, 0.5) is 0 Å². The van der Waals surface area contributed by atoms with Crippen molar-refractivity contribution in [2.75, 3.05) is 20.2 Å². The van der Waals surface area contributed by atoms with Crippen LogP contribution >= 0.6 is 11.6 Å². The van der Waals surface area contributed by atoms with E-state index in [1.165, 1.54) is 0 Å². The second kappa shape index (κ2) is 8.71. The molecule has 1 aliphatic rings. The molecule has 1 aliphatic heterocycles. The summed E-state index contributed by atoms with van der Waals surface area (Å²) in [5, 5.41) is 7.64. The van der Waals surface area contributed by atoms with Gasteiger partial charge in [-0.05, 0) is 49.2 Å². The molecule has 1 N–H and O–H groups in total. The van der Waals surface area contributed by atoms with Crippen LogP contribution < -0.4 is 4.74 Å². The number of carbonyl (C=O) groups excluding carboxylic acids is 2. The number of likely N-dealkylation sites (tertiary alicyclic amines) is 1. The van der Waals surface area contributed by atoms with Crippen molar-refractivity contribution >= 4 is 23.3 Å². The summed E-state index contributed by atoms with van der Waals surface area (Å²) in [7, 11) is 1.60. The quantitative estimate of drug-likeness (QED) is 0.614. The van der Waals surface area contributed by atoms with E-state index in [4.69, 9.17) is 16.3 Å². The van der Waals surface area contributed by atoms with E-state index in [9.17, 15) is 9.59 Å². The maximum absolute atomic E-state index is 12.9. The molecular formula is C23H22ClN3O3. The van der Waals surface area contributed by atoms with Gasteiger partial charge >= 0.3 is 0 Å². The fourth-order valence-electron chi connectivity index (χ4n) is 3.74. The Morgan fingerprint density at radius 3 is 2.47 bits per heavy atom. The monoisotopic (exact) mass is 423 g/mol. The van der Waals surface area contributed by atoms with E-state index in [0.717, 1.165) is 11.3 Å². The van der Waals surface area contributed by atoms with Crippen LogP contribution in [0.5, 0.6) is 5.75 Å². The van der Waals surface area contributed by atoms with E-state index < -0.39 is 0 Å². The number of halogens is 1. The average molecular weight is 424 g/mol. The number of aromatic nitrogens is 2. The van der Waals surface area contributed by atoms with Gasteiger partial charge < -0.3 is 9.64 Å². The summed E-state index contributed by atoms with van der Waals surface area (Å²) in [6, 6.07) is 16.3. The summed E-state index contributed by atoms with van der Waals surface area (Å²) in [6.45, 7) is 1.07. The molecule has 0 spiro atoms. The van der Waals surface area contributed by atoms with Crippen LogP contribution in [0, 0.1) is 5.92 Å². The van der Waals surface area contributed by atoms with Crippen LogP contribution in [-0.2, 0) is 0 Å². The minimum atomic E-state index is -0.115. The second-order valence-electron chi connectivity index (χ2n) is 7.31. The predicted octanol–water partition coefficient (Wildman–Crippen LogP) is 4.47. The van der Waals surface area contributed by atoms with E-state index >= 15 is 0 Å². The summed E-state index contributed by atoms with van der Waals surface area (Å²) >= 11 is 6.22. The van der Waals surface area contributed by atoms with Gasteiger partial charge in [-0.15, -0.1) is 0 Å². The second-order valence-corrected chi connectivity index (χ2v) is 7.71. The van der Waals surface area contributed by atoms with Gasteiger partial charge in [0, 0.05) is 30.1 Å². The molecule has 0 unspecified atom stereocenters. The first kappa shape index (κ1) is 20.2. The number of hydrogen-bond donors (Lipinski definition) is 1. The lowest BCUT2D eigenvalue weighted by Crippen LogP contribution is -2.40. The molecule has 0 atom stereocenters. The van der Waals surface area contributed by atoms with Gasteiger partial charge in [-0.3, -0.25) is 14.7 Å². The summed E-state index contributed by atoms with van der Waals surface area (Å²) in [5.74, 6) is 0.647. The van der Waals surface area contributed by atoms with Gasteiger partial charge in [-0.2, -0.15) is 5.10 Å². The molecular weight excluding hydrogens is 402 g/mol. The average Bonchev–Trinajstić information content (AvgIpc) is 3.28. The summed E-state index contributed by atoms with van der Waals surface area (Å²) in [4.78, 5) is 27.4. The Hall–Kier alpha value is -3.12. The first-order chi connectivity index (χ1) is 14.6. The number of piperidine rings is 1. The maximum atomic E-state index is 12.9. The van der Waals surface area contributed by atoms with E-state index in [-0.39, 0.29) is 17.6 Å². The lowest BCUT2D eigenvalue weighted by atomic mass is 9.89. The van der Waals surface area contributed by atoms with Crippen LogP contribution in [0.25, 0.3) is 11.3 Å². The molecule has 0 radical (unpaired) electrons. The van der Waals surface area contributed by atoms with Crippen molar-refractivity contribution in [3.8, 4) is 17.0 Å². The minimum Gasteiger partial charge on any atom is -0.497 e. The topological polar surface area (TPSA) is 75.3 Å². The van der Waals surface area contributed by atoms with Crippen molar-refractivity contribution in [3.05, 3.63) is 70.9 Å². The number of benzene rings is 2. The minimum absolute atomic E-state index is 0.0806. The Balaban J connectivity index is 1.39. The molecule has 0 saturated carbocycles. The normalized spacial score (nSPS) is 14.5. The molecule has 1 fully saturated rings. The largest absolute Gasteiger partial charge is 0.497 e. The highest BCUT2D eigenvalue weighted by Crippen LogP contribution is 2.28. The molecule has 0 aliphatic carbocycles. The molecule has 4 rings (SSSR count). The Bertz CT molecular complexity index is 1050. The lowest BCUT2D eigenvalue weighted by Gasteiger charge is -2.31. The van der Waals surface area contributed by atoms with Gasteiger partial charge in [0.15, 0.2) is 5.78 Å². The van der Waals surface area contributed by atoms with Crippen molar-refractivity contribution in [1.29, 1.82) is 0 Å². The Morgan fingerprint density at radius 2 is 1.80 bits per heavy atom. The first-order valence-corrected chi connectivity index (χ1v) is 10.2. The molecule has 2 heterocycles. The number of amides is 1. The van der Waals surface area contributed by atoms with E-state index in [2.05, 4.69) is 10.2 Å². The number of hydrogen-bond acceptors (Lipinski definition) is 4. The number of carbonyl (C=O) groups is 2. The highest BCUT2D eigenvalue weighted by molar-refractivity contribution is 6.33. The summed E-state index contributed by atoms with van der Waals surface area (Å²) in [6.07, 6.45) is 1.28. The third kappa shape index (κ3) is 4.09. The Labute approximate surface area is 179 Å². The number of ether oxygens (including phenoxy) is 1. The third-order valence-corrected chi connectivity index (χ3v) is 5.82. The van der Waals surface area contributed by atoms with Crippen molar-refractivity contribution < 1.29 is 14.3 Å². The predicted molar refractivity (Wildman–Crippen MR) is 115 cm³/mol. The third-order valence-electron chi connectivity index (χ3n) is 5.49. The van der Waals surface area contributed by atoms with Crippen molar-refractivity contribution in [1.82, 2.24) is 15.1 Å². The number of methoxy groups -OCH3 is 1. The summed E-state index contributed by atoms with van der Waals surface area (Å²) in [5.41, 5.74) is 2.51. The molecule has 1 aromatic heterocycles. The van der Waals surface area contributed by atoms with Crippen LogP contribution in [-0.4, -0.2) is 47.0 Å².